The van der Waals surface area contributed by atoms with Gasteiger partial charge in [-0.3, -0.25) is 0 Å². The number of nitriles is 1. The molecule has 0 atom stereocenters. The minimum atomic E-state index is -0.450. The molecule has 0 saturated heterocycles. The van der Waals surface area contributed by atoms with Crippen molar-refractivity contribution in [3.8, 4) is 6.07 Å². The first-order chi connectivity index (χ1) is 11.1. The van der Waals surface area contributed by atoms with Crippen molar-refractivity contribution < 1.29 is 9.53 Å². The lowest BCUT2D eigenvalue weighted by atomic mass is 10.1. The van der Waals surface area contributed by atoms with E-state index in [9.17, 15) is 4.79 Å². The van der Waals surface area contributed by atoms with Crippen molar-refractivity contribution in [2.24, 2.45) is 4.99 Å². The van der Waals surface area contributed by atoms with E-state index in [1.54, 1.807) is 41.7 Å². The molecule has 2 aromatic rings. The molecule has 0 N–H and O–H groups in total. The summed E-state index contributed by atoms with van der Waals surface area (Å²) in [6.45, 7) is 4.14. The molecule has 114 valence electrons. The number of carbonyl (C=O) groups excluding carboxylic acids is 1. The number of hydrogen-bond donors (Lipinski definition) is 0. The zero-order valence-corrected chi connectivity index (χ0v) is 13.6. The molecular formula is C18H14N2O2S. The van der Waals surface area contributed by atoms with Crippen molar-refractivity contribution >= 4 is 29.3 Å². The summed E-state index contributed by atoms with van der Waals surface area (Å²) in [5.41, 5.74) is 2.84. The Bertz CT molecular complexity index is 867. The van der Waals surface area contributed by atoms with Crippen molar-refractivity contribution in [1.29, 1.82) is 5.26 Å². The maximum Gasteiger partial charge on any atom is 0.363 e. The summed E-state index contributed by atoms with van der Waals surface area (Å²) in [5, 5.41) is 8.80. The van der Waals surface area contributed by atoms with E-state index in [4.69, 9.17) is 10.00 Å². The molecule has 1 aromatic carbocycles. The number of ether oxygens (including phenoxy) is 1. The number of esters is 1. The Labute approximate surface area is 138 Å². The molecule has 0 fully saturated rings. The Kier molecular flexibility index (Phi) is 4.09. The van der Waals surface area contributed by atoms with E-state index in [1.807, 2.05) is 13.0 Å². The lowest BCUT2D eigenvalue weighted by Crippen LogP contribution is -2.03. The summed E-state index contributed by atoms with van der Waals surface area (Å²) >= 11 is 1.60. The summed E-state index contributed by atoms with van der Waals surface area (Å²) in [4.78, 5) is 18.4. The zero-order chi connectivity index (χ0) is 16.4. The van der Waals surface area contributed by atoms with Crippen LogP contribution in [-0.4, -0.2) is 11.9 Å². The normalized spacial score (nSPS) is 15.4. The minimum absolute atomic E-state index is 0.272. The van der Waals surface area contributed by atoms with Gasteiger partial charge in [0.2, 0.25) is 5.90 Å². The smallest absolute Gasteiger partial charge is 0.363 e. The average molecular weight is 322 g/mol. The number of benzene rings is 1. The van der Waals surface area contributed by atoms with E-state index in [1.165, 1.54) is 10.4 Å². The molecule has 0 amide bonds. The molecule has 0 bridgehead atoms. The Morgan fingerprint density at radius 3 is 2.70 bits per heavy atom. The van der Waals surface area contributed by atoms with Gasteiger partial charge in [-0.1, -0.05) is 19.1 Å². The van der Waals surface area contributed by atoms with Crippen LogP contribution < -0.4 is 0 Å². The molecule has 1 aliphatic heterocycles. The predicted molar refractivity (Wildman–Crippen MR) is 90.2 cm³/mol. The highest BCUT2D eigenvalue weighted by Crippen LogP contribution is 2.27. The van der Waals surface area contributed by atoms with Gasteiger partial charge in [-0.2, -0.15) is 5.26 Å². The fourth-order valence-corrected chi connectivity index (χ4v) is 3.34. The third kappa shape index (κ3) is 3.08. The number of cyclic esters (lactones) is 1. The van der Waals surface area contributed by atoms with Gasteiger partial charge < -0.3 is 4.74 Å². The number of nitrogens with zero attached hydrogens (tertiary/aromatic N) is 2. The maximum atomic E-state index is 12.0. The number of aliphatic imine (C=N–C) groups is 1. The topological polar surface area (TPSA) is 62.5 Å². The van der Waals surface area contributed by atoms with Crippen LogP contribution in [0.2, 0.25) is 0 Å². The molecule has 0 spiro atoms. The first kappa shape index (κ1) is 15.2. The molecule has 0 aliphatic carbocycles. The lowest BCUT2D eigenvalue weighted by Gasteiger charge is -1.94. The van der Waals surface area contributed by atoms with Gasteiger partial charge in [0, 0.05) is 4.88 Å². The number of hydrogen-bond acceptors (Lipinski definition) is 5. The summed E-state index contributed by atoms with van der Waals surface area (Å²) in [7, 11) is 0. The van der Waals surface area contributed by atoms with E-state index >= 15 is 0 Å². The van der Waals surface area contributed by atoms with Gasteiger partial charge in [-0.05, 0) is 48.7 Å². The molecule has 0 saturated carbocycles. The highest BCUT2D eigenvalue weighted by Gasteiger charge is 2.25. The summed E-state index contributed by atoms with van der Waals surface area (Å²) in [6.07, 6.45) is 2.61. The number of carbonyl (C=O) groups is 1. The van der Waals surface area contributed by atoms with Crippen molar-refractivity contribution in [3.63, 3.8) is 0 Å². The summed E-state index contributed by atoms with van der Waals surface area (Å²) < 4.78 is 5.29. The molecule has 0 radical (unpaired) electrons. The summed E-state index contributed by atoms with van der Waals surface area (Å²) in [5.74, 6) is -0.0869. The van der Waals surface area contributed by atoms with Crippen molar-refractivity contribution in [2.45, 2.75) is 20.3 Å². The monoisotopic (exact) mass is 322 g/mol. The molecule has 1 aromatic heterocycles. The van der Waals surface area contributed by atoms with Crippen molar-refractivity contribution in [1.82, 2.24) is 0 Å². The van der Waals surface area contributed by atoms with Gasteiger partial charge in [0.05, 0.1) is 16.5 Å². The predicted octanol–water partition coefficient (Wildman–Crippen LogP) is 3.84. The van der Waals surface area contributed by atoms with E-state index in [0.717, 1.165) is 16.9 Å². The number of thiophene rings is 1. The van der Waals surface area contributed by atoms with Crippen LogP contribution >= 0.6 is 11.3 Å². The highest BCUT2D eigenvalue weighted by atomic mass is 32.1. The standard InChI is InChI=1S/C18H14N2O2S/c1-3-15-11(2)8-16(23-15)17-20-14(18(21)22-17)9-12-4-6-13(10-19)7-5-12/h4-9H,3H2,1-2H3. The second-order valence-electron chi connectivity index (χ2n) is 5.14. The first-order valence-electron chi connectivity index (χ1n) is 7.23. The van der Waals surface area contributed by atoms with Gasteiger partial charge in [0.25, 0.3) is 0 Å². The van der Waals surface area contributed by atoms with Crippen LogP contribution in [0.25, 0.3) is 6.08 Å². The molecule has 5 heteroatoms. The quantitative estimate of drug-likeness (QED) is 0.637. The van der Waals surface area contributed by atoms with Crippen molar-refractivity contribution in [2.75, 3.05) is 0 Å². The molecule has 4 nitrogen and oxygen atoms in total. The van der Waals surface area contributed by atoms with Crippen molar-refractivity contribution in [3.05, 3.63) is 62.5 Å². The van der Waals surface area contributed by atoms with E-state index in [2.05, 4.69) is 18.0 Å². The zero-order valence-electron chi connectivity index (χ0n) is 12.8. The fourth-order valence-electron chi connectivity index (χ4n) is 2.30. The van der Waals surface area contributed by atoms with Gasteiger partial charge in [-0.15, -0.1) is 11.3 Å². The van der Waals surface area contributed by atoms with E-state index in [0.29, 0.717) is 11.5 Å². The van der Waals surface area contributed by atoms with Gasteiger partial charge in [0.15, 0.2) is 5.70 Å². The Balaban J connectivity index is 1.91. The third-order valence-electron chi connectivity index (χ3n) is 3.52. The summed E-state index contributed by atoms with van der Waals surface area (Å²) in [6, 6.07) is 11.0. The third-order valence-corrected chi connectivity index (χ3v) is 4.89. The van der Waals surface area contributed by atoms with Crippen LogP contribution in [0.1, 0.15) is 33.4 Å². The second-order valence-corrected chi connectivity index (χ2v) is 6.28. The average Bonchev–Trinajstić information content (AvgIpc) is 3.11. The lowest BCUT2D eigenvalue weighted by molar-refractivity contribution is -0.129. The number of rotatable bonds is 3. The van der Waals surface area contributed by atoms with Crippen LogP contribution in [-0.2, 0) is 16.0 Å². The van der Waals surface area contributed by atoms with Gasteiger partial charge in [-0.25, -0.2) is 9.79 Å². The van der Waals surface area contributed by atoms with E-state index in [-0.39, 0.29) is 5.70 Å². The van der Waals surface area contributed by atoms with Gasteiger partial charge >= 0.3 is 5.97 Å². The van der Waals surface area contributed by atoms with Crippen LogP contribution in [0, 0.1) is 18.3 Å². The maximum absolute atomic E-state index is 12.0. The van der Waals surface area contributed by atoms with Crippen LogP contribution in [0.4, 0.5) is 0 Å². The second kappa shape index (κ2) is 6.19. The Morgan fingerprint density at radius 2 is 2.09 bits per heavy atom. The highest BCUT2D eigenvalue weighted by molar-refractivity contribution is 7.14. The SMILES string of the molecule is CCc1sc(C2=NC(=Cc3ccc(C#N)cc3)C(=O)O2)cc1C. The molecule has 23 heavy (non-hydrogen) atoms. The molecular weight excluding hydrogens is 308 g/mol. The number of aryl methyl sites for hydroxylation is 2. The van der Waals surface area contributed by atoms with Gasteiger partial charge in [0.1, 0.15) is 0 Å². The van der Waals surface area contributed by atoms with E-state index < -0.39 is 5.97 Å². The van der Waals surface area contributed by atoms with Crippen LogP contribution in [0.5, 0.6) is 0 Å². The van der Waals surface area contributed by atoms with Crippen LogP contribution in [0.15, 0.2) is 41.0 Å². The molecule has 0 unspecified atom stereocenters. The molecule has 1 aliphatic rings. The Hall–Kier alpha value is -2.71. The molecule has 3 rings (SSSR count). The largest absolute Gasteiger partial charge is 0.401 e. The fraction of sp³-hybridized carbons (Fsp3) is 0.167. The first-order valence-corrected chi connectivity index (χ1v) is 8.04. The molecule has 2 heterocycles. The van der Waals surface area contributed by atoms with Crippen LogP contribution in [0.3, 0.4) is 0 Å². The Morgan fingerprint density at radius 1 is 1.35 bits per heavy atom. The minimum Gasteiger partial charge on any atom is -0.401 e.